The molecule has 2 aromatic rings. The van der Waals surface area contributed by atoms with E-state index in [1.807, 2.05) is 45.0 Å². The highest BCUT2D eigenvalue weighted by molar-refractivity contribution is 9.10. The highest BCUT2D eigenvalue weighted by atomic mass is 79.9. The highest BCUT2D eigenvalue weighted by Crippen LogP contribution is 2.25. The zero-order valence-corrected chi connectivity index (χ0v) is 13.9. The predicted octanol–water partition coefficient (Wildman–Crippen LogP) is 4.15. The van der Waals surface area contributed by atoms with E-state index in [4.69, 9.17) is 0 Å². The molecule has 1 amide bonds. The molecule has 0 unspecified atom stereocenters. The van der Waals surface area contributed by atoms with E-state index in [-0.39, 0.29) is 5.91 Å². The van der Waals surface area contributed by atoms with E-state index < -0.39 is 0 Å². The summed E-state index contributed by atoms with van der Waals surface area (Å²) in [6.45, 7) is 6.65. The van der Waals surface area contributed by atoms with Crippen LogP contribution in [0.4, 0.5) is 11.4 Å². The van der Waals surface area contributed by atoms with Crippen LogP contribution in [0.3, 0.4) is 0 Å². The van der Waals surface area contributed by atoms with Crippen LogP contribution in [0.25, 0.3) is 0 Å². The number of hydrogen-bond acceptors (Lipinski definition) is 3. The largest absolute Gasteiger partial charge is 0.385 e. The molecule has 0 atom stereocenters. The third-order valence-corrected chi connectivity index (χ3v) is 3.68. The summed E-state index contributed by atoms with van der Waals surface area (Å²) < 4.78 is 0.862. The van der Waals surface area contributed by atoms with E-state index in [2.05, 4.69) is 31.5 Å². The summed E-state index contributed by atoms with van der Waals surface area (Å²) in [5.41, 5.74) is 4.08. The van der Waals surface area contributed by atoms with E-state index in [0.29, 0.717) is 5.56 Å². The zero-order valence-electron chi connectivity index (χ0n) is 12.3. The molecule has 110 valence electrons. The van der Waals surface area contributed by atoms with Crippen molar-refractivity contribution in [3.63, 3.8) is 0 Å². The smallest absolute Gasteiger partial charge is 0.259 e. The third-order valence-electron chi connectivity index (χ3n) is 3.03. The summed E-state index contributed by atoms with van der Waals surface area (Å²) in [4.78, 5) is 16.7. The average Bonchev–Trinajstić information content (AvgIpc) is 2.42. The SMILES string of the molecule is CCNc1cc(C)ncc1C(=O)Nc1ccc(C)cc1Br. The van der Waals surface area contributed by atoms with Crippen molar-refractivity contribution in [2.45, 2.75) is 20.8 Å². The number of benzene rings is 1. The number of carbonyl (C=O) groups excluding carboxylic acids is 1. The highest BCUT2D eigenvalue weighted by Gasteiger charge is 2.13. The van der Waals surface area contributed by atoms with Gasteiger partial charge in [0.25, 0.3) is 5.91 Å². The average molecular weight is 348 g/mol. The van der Waals surface area contributed by atoms with Crippen LogP contribution < -0.4 is 10.6 Å². The van der Waals surface area contributed by atoms with E-state index in [1.165, 1.54) is 0 Å². The Hall–Kier alpha value is -1.88. The molecule has 0 bridgehead atoms. The van der Waals surface area contributed by atoms with Crippen molar-refractivity contribution in [3.05, 3.63) is 51.8 Å². The van der Waals surface area contributed by atoms with Gasteiger partial charge in [0.15, 0.2) is 0 Å². The van der Waals surface area contributed by atoms with Crippen LogP contribution >= 0.6 is 15.9 Å². The second-order valence-electron chi connectivity index (χ2n) is 4.84. The van der Waals surface area contributed by atoms with Crippen molar-refractivity contribution in [2.75, 3.05) is 17.2 Å². The Balaban J connectivity index is 2.28. The lowest BCUT2D eigenvalue weighted by Gasteiger charge is -2.12. The van der Waals surface area contributed by atoms with Gasteiger partial charge in [-0.1, -0.05) is 6.07 Å². The van der Waals surface area contributed by atoms with Crippen molar-refractivity contribution in [3.8, 4) is 0 Å². The molecular formula is C16H18BrN3O. The van der Waals surface area contributed by atoms with Crippen LogP contribution in [0.15, 0.2) is 34.9 Å². The normalized spacial score (nSPS) is 10.3. The first-order valence-corrected chi connectivity index (χ1v) is 7.58. The Morgan fingerprint density at radius 2 is 2.00 bits per heavy atom. The van der Waals surface area contributed by atoms with E-state index in [9.17, 15) is 4.79 Å². The first kappa shape index (κ1) is 15.5. The lowest BCUT2D eigenvalue weighted by atomic mass is 10.1. The number of aromatic nitrogens is 1. The lowest BCUT2D eigenvalue weighted by Crippen LogP contribution is -2.16. The monoisotopic (exact) mass is 347 g/mol. The minimum absolute atomic E-state index is 0.178. The van der Waals surface area contributed by atoms with Gasteiger partial charge < -0.3 is 10.6 Å². The van der Waals surface area contributed by atoms with Crippen LogP contribution in [-0.2, 0) is 0 Å². The van der Waals surface area contributed by atoms with Crippen molar-refractivity contribution >= 4 is 33.2 Å². The van der Waals surface area contributed by atoms with Crippen molar-refractivity contribution in [1.82, 2.24) is 4.98 Å². The Bertz CT molecular complexity index is 671. The minimum Gasteiger partial charge on any atom is -0.385 e. The standard InChI is InChI=1S/C16H18BrN3O/c1-4-18-15-8-11(3)19-9-12(15)16(21)20-14-6-5-10(2)7-13(14)17/h5-9H,4H2,1-3H3,(H,18,19)(H,20,21). The molecule has 1 heterocycles. The molecule has 0 spiro atoms. The van der Waals surface area contributed by atoms with Crippen molar-refractivity contribution < 1.29 is 4.79 Å². The first-order valence-electron chi connectivity index (χ1n) is 6.79. The number of hydrogen-bond donors (Lipinski definition) is 2. The van der Waals surface area contributed by atoms with E-state index in [0.717, 1.165) is 33.6 Å². The number of rotatable bonds is 4. The molecule has 21 heavy (non-hydrogen) atoms. The Morgan fingerprint density at radius 3 is 2.67 bits per heavy atom. The maximum atomic E-state index is 12.4. The molecule has 4 nitrogen and oxygen atoms in total. The van der Waals surface area contributed by atoms with Crippen LogP contribution in [-0.4, -0.2) is 17.4 Å². The maximum Gasteiger partial charge on any atom is 0.259 e. The molecule has 0 fully saturated rings. The third kappa shape index (κ3) is 3.82. The fourth-order valence-electron chi connectivity index (χ4n) is 1.99. The fraction of sp³-hybridized carbons (Fsp3) is 0.250. The fourth-order valence-corrected chi connectivity index (χ4v) is 2.58. The van der Waals surface area contributed by atoms with E-state index in [1.54, 1.807) is 6.20 Å². The summed E-state index contributed by atoms with van der Waals surface area (Å²) >= 11 is 3.46. The topological polar surface area (TPSA) is 54.0 Å². The minimum atomic E-state index is -0.178. The number of amides is 1. The molecule has 0 aliphatic heterocycles. The molecular weight excluding hydrogens is 330 g/mol. The molecule has 0 saturated heterocycles. The van der Waals surface area contributed by atoms with Gasteiger partial charge in [-0.05, 0) is 60.5 Å². The summed E-state index contributed by atoms with van der Waals surface area (Å²) in [5, 5.41) is 6.10. The molecule has 2 rings (SSSR count). The molecule has 0 saturated carbocycles. The van der Waals surface area contributed by atoms with Gasteiger partial charge in [0.2, 0.25) is 0 Å². The summed E-state index contributed by atoms with van der Waals surface area (Å²) in [5.74, 6) is -0.178. The molecule has 0 aliphatic carbocycles. The summed E-state index contributed by atoms with van der Waals surface area (Å²) in [7, 11) is 0. The number of anilines is 2. The number of nitrogens with zero attached hydrogens (tertiary/aromatic N) is 1. The zero-order chi connectivity index (χ0) is 15.4. The Morgan fingerprint density at radius 1 is 1.24 bits per heavy atom. The molecule has 2 N–H and O–H groups in total. The van der Waals surface area contributed by atoms with Gasteiger partial charge in [0, 0.05) is 22.9 Å². The molecule has 1 aromatic carbocycles. The van der Waals surface area contributed by atoms with Gasteiger partial charge in [-0.15, -0.1) is 0 Å². The quantitative estimate of drug-likeness (QED) is 0.873. The molecule has 5 heteroatoms. The number of aryl methyl sites for hydroxylation is 2. The number of nitrogens with one attached hydrogen (secondary N) is 2. The molecule has 0 radical (unpaired) electrons. The Kier molecular flexibility index (Phi) is 4.96. The molecule has 0 aliphatic rings. The van der Waals surface area contributed by atoms with Crippen LogP contribution in [0.2, 0.25) is 0 Å². The van der Waals surface area contributed by atoms with Crippen LogP contribution in [0.1, 0.15) is 28.5 Å². The van der Waals surface area contributed by atoms with Gasteiger partial charge in [0.05, 0.1) is 16.9 Å². The van der Waals surface area contributed by atoms with Gasteiger partial charge in [0.1, 0.15) is 0 Å². The van der Waals surface area contributed by atoms with Gasteiger partial charge in [-0.2, -0.15) is 0 Å². The van der Waals surface area contributed by atoms with Crippen LogP contribution in [0, 0.1) is 13.8 Å². The number of carbonyl (C=O) groups is 1. The number of halogens is 1. The second kappa shape index (κ2) is 6.72. The summed E-state index contributed by atoms with van der Waals surface area (Å²) in [6, 6.07) is 7.68. The van der Waals surface area contributed by atoms with Crippen molar-refractivity contribution in [2.24, 2.45) is 0 Å². The second-order valence-corrected chi connectivity index (χ2v) is 5.69. The number of pyridine rings is 1. The van der Waals surface area contributed by atoms with Gasteiger partial charge in [-0.3, -0.25) is 9.78 Å². The van der Waals surface area contributed by atoms with E-state index >= 15 is 0 Å². The first-order chi connectivity index (χ1) is 10.0. The van der Waals surface area contributed by atoms with Crippen LogP contribution in [0.5, 0.6) is 0 Å². The maximum absolute atomic E-state index is 12.4. The summed E-state index contributed by atoms with van der Waals surface area (Å²) in [6.07, 6.45) is 1.60. The lowest BCUT2D eigenvalue weighted by molar-refractivity contribution is 0.102. The predicted molar refractivity (Wildman–Crippen MR) is 90.0 cm³/mol. The van der Waals surface area contributed by atoms with Gasteiger partial charge >= 0.3 is 0 Å². The Labute approximate surface area is 133 Å². The van der Waals surface area contributed by atoms with Gasteiger partial charge in [-0.25, -0.2) is 0 Å². The van der Waals surface area contributed by atoms with Crippen molar-refractivity contribution in [1.29, 1.82) is 0 Å². The molecule has 1 aromatic heterocycles.